The van der Waals surface area contributed by atoms with Crippen molar-refractivity contribution in [3.05, 3.63) is 48.5 Å². The zero-order chi connectivity index (χ0) is 18.9. The molecule has 27 heavy (non-hydrogen) atoms. The van der Waals surface area contributed by atoms with Crippen molar-refractivity contribution in [2.75, 3.05) is 24.6 Å². The minimum atomic E-state index is -4.48. The Morgan fingerprint density at radius 2 is 2.04 bits per heavy atom. The second kappa shape index (κ2) is 7.05. The highest BCUT2D eigenvalue weighted by molar-refractivity contribution is 5.68. The fourth-order valence-electron chi connectivity index (χ4n) is 3.40. The van der Waals surface area contributed by atoms with E-state index < -0.39 is 11.7 Å². The van der Waals surface area contributed by atoms with E-state index in [1.54, 1.807) is 23.1 Å². The second-order valence-electron chi connectivity index (χ2n) is 6.53. The minimum absolute atomic E-state index is 0.0896. The molecular weight excluding hydrogens is 359 g/mol. The highest BCUT2D eigenvalue weighted by Gasteiger charge is 2.35. The van der Waals surface area contributed by atoms with E-state index in [9.17, 15) is 13.2 Å². The minimum Gasteiger partial charge on any atom is -0.477 e. The number of hydrogen-bond acceptors (Lipinski definition) is 5. The number of piperidine rings is 1. The molecule has 0 spiro atoms. The first-order valence-corrected chi connectivity index (χ1v) is 8.70. The van der Waals surface area contributed by atoms with Gasteiger partial charge in [-0.15, -0.1) is 0 Å². The maximum absolute atomic E-state index is 13.1. The van der Waals surface area contributed by atoms with Crippen LogP contribution in [0.3, 0.4) is 0 Å². The van der Waals surface area contributed by atoms with Crippen LogP contribution in [0.1, 0.15) is 18.4 Å². The Balaban J connectivity index is 1.46. The summed E-state index contributed by atoms with van der Waals surface area (Å²) >= 11 is 0. The predicted molar refractivity (Wildman–Crippen MR) is 92.7 cm³/mol. The Hall–Kier alpha value is -2.84. The molecule has 4 rings (SSSR count). The summed E-state index contributed by atoms with van der Waals surface area (Å²) in [6, 6.07) is 4.14. The zero-order valence-electron chi connectivity index (χ0n) is 14.4. The average molecular weight is 377 g/mol. The largest absolute Gasteiger partial charge is 0.477 e. The van der Waals surface area contributed by atoms with E-state index in [0.717, 1.165) is 36.8 Å². The Morgan fingerprint density at radius 3 is 2.89 bits per heavy atom. The van der Waals surface area contributed by atoms with Crippen molar-refractivity contribution in [2.45, 2.75) is 19.0 Å². The number of hydrogen-bond donors (Lipinski definition) is 0. The number of aromatic nitrogens is 4. The summed E-state index contributed by atoms with van der Waals surface area (Å²) < 4.78 is 46.4. The van der Waals surface area contributed by atoms with Gasteiger partial charge in [0.15, 0.2) is 5.82 Å². The fraction of sp³-hybridized carbons (Fsp3) is 0.389. The lowest BCUT2D eigenvalue weighted by Crippen LogP contribution is -2.38. The smallest absolute Gasteiger partial charge is 0.421 e. The quantitative estimate of drug-likeness (QED) is 0.697. The van der Waals surface area contributed by atoms with Crippen LogP contribution in [-0.4, -0.2) is 39.3 Å². The Kier molecular flexibility index (Phi) is 4.59. The summed E-state index contributed by atoms with van der Waals surface area (Å²) in [6.07, 6.45) is 3.81. The third-order valence-electron chi connectivity index (χ3n) is 4.65. The molecule has 6 nitrogen and oxygen atoms in total. The van der Waals surface area contributed by atoms with Crippen molar-refractivity contribution >= 4 is 11.3 Å². The van der Waals surface area contributed by atoms with E-state index in [4.69, 9.17) is 4.74 Å². The number of pyridine rings is 1. The van der Waals surface area contributed by atoms with Gasteiger partial charge in [0.2, 0.25) is 5.88 Å². The van der Waals surface area contributed by atoms with Crippen LogP contribution in [-0.2, 0) is 6.18 Å². The second-order valence-corrected chi connectivity index (χ2v) is 6.53. The summed E-state index contributed by atoms with van der Waals surface area (Å²) in [5.41, 5.74) is 0.0616. The molecule has 4 heterocycles. The van der Waals surface area contributed by atoms with E-state index in [-0.39, 0.29) is 18.4 Å². The number of rotatable bonds is 4. The van der Waals surface area contributed by atoms with Crippen molar-refractivity contribution in [3.63, 3.8) is 0 Å². The van der Waals surface area contributed by atoms with Crippen molar-refractivity contribution in [3.8, 4) is 5.88 Å². The molecule has 3 aromatic rings. The summed E-state index contributed by atoms with van der Waals surface area (Å²) in [7, 11) is 0. The number of alkyl halides is 3. The third kappa shape index (κ3) is 3.67. The lowest BCUT2D eigenvalue weighted by Gasteiger charge is -2.33. The van der Waals surface area contributed by atoms with E-state index in [0.29, 0.717) is 6.54 Å². The Labute approximate surface area is 153 Å². The molecule has 1 unspecified atom stereocenters. The van der Waals surface area contributed by atoms with Gasteiger partial charge < -0.3 is 9.64 Å². The molecule has 0 bridgehead atoms. The normalized spacial score (nSPS) is 18.0. The molecule has 0 saturated carbocycles. The van der Waals surface area contributed by atoms with Crippen molar-refractivity contribution in [1.82, 2.24) is 19.6 Å². The van der Waals surface area contributed by atoms with Gasteiger partial charge in [-0.05, 0) is 31.0 Å². The van der Waals surface area contributed by atoms with E-state index in [1.807, 2.05) is 6.07 Å². The van der Waals surface area contributed by atoms with Crippen LogP contribution in [0.4, 0.5) is 19.0 Å². The van der Waals surface area contributed by atoms with Gasteiger partial charge in [0.1, 0.15) is 11.1 Å². The first-order chi connectivity index (χ1) is 13.0. The molecule has 0 aromatic carbocycles. The molecule has 1 aliphatic rings. The fourth-order valence-corrected chi connectivity index (χ4v) is 3.40. The van der Waals surface area contributed by atoms with Gasteiger partial charge in [0, 0.05) is 37.6 Å². The van der Waals surface area contributed by atoms with Gasteiger partial charge in [-0.3, -0.25) is 0 Å². The number of fused-ring (bicyclic) bond motifs is 1. The SMILES string of the molecule is FC(F)(F)c1cccnc1OCC1CCCN(c2nccn3nccc23)C1. The molecule has 142 valence electrons. The van der Waals surface area contributed by atoms with Gasteiger partial charge in [-0.25, -0.2) is 14.5 Å². The first kappa shape index (κ1) is 17.6. The van der Waals surface area contributed by atoms with E-state index >= 15 is 0 Å². The van der Waals surface area contributed by atoms with Crippen LogP contribution < -0.4 is 9.64 Å². The van der Waals surface area contributed by atoms with E-state index in [1.165, 1.54) is 12.3 Å². The zero-order valence-corrected chi connectivity index (χ0v) is 14.4. The number of anilines is 1. The first-order valence-electron chi connectivity index (χ1n) is 8.70. The van der Waals surface area contributed by atoms with Gasteiger partial charge in [-0.1, -0.05) is 0 Å². The summed E-state index contributed by atoms with van der Waals surface area (Å²) in [4.78, 5) is 10.4. The van der Waals surface area contributed by atoms with Crippen molar-refractivity contribution in [2.24, 2.45) is 5.92 Å². The van der Waals surface area contributed by atoms with Crippen LogP contribution in [0.25, 0.3) is 5.52 Å². The molecule has 9 heteroatoms. The van der Waals surface area contributed by atoms with Crippen LogP contribution in [0, 0.1) is 5.92 Å². The molecule has 1 aliphatic heterocycles. The van der Waals surface area contributed by atoms with Crippen LogP contribution >= 0.6 is 0 Å². The summed E-state index contributed by atoms with van der Waals surface area (Å²) in [6.45, 7) is 1.68. The third-order valence-corrected chi connectivity index (χ3v) is 4.65. The van der Waals surface area contributed by atoms with E-state index in [2.05, 4.69) is 20.0 Å². The van der Waals surface area contributed by atoms with Gasteiger partial charge in [-0.2, -0.15) is 18.3 Å². The standard InChI is InChI=1S/C18H18F3N5O/c19-18(20,21)14-4-1-6-23-17(14)27-12-13-3-2-9-25(11-13)16-15-5-7-24-26(15)10-8-22-16/h1,4-8,10,13H,2-3,9,11-12H2. The van der Waals surface area contributed by atoms with Crippen LogP contribution in [0.2, 0.25) is 0 Å². The summed E-state index contributed by atoms with van der Waals surface area (Å²) in [5, 5.41) is 4.21. The maximum Gasteiger partial charge on any atom is 0.421 e. The van der Waals surface area contributed by atoms with Crippen LogP contribution in [0.15, 0.2) is 43.0 Å². The van der Waals surface area contributed by atoms with Crippen molar-refractivity contribution in [1.29, 1.82) is 0 Å². The van der Waals surface area contributed by atoms with Gasteiger partial charge >= 0.3 is 6.18 Å². The summed E-state index contributed by atoms with van der Waals surface area (Å²) in [5.74, 6) is 0.554. The lowest BCUT2D eigenvalue weighted by molar-refractivity contribution is -0.139. The molecular formula is C18H18F3N5O. The molecule has 1 fully saturated rings. The maximum atomic E-state index is 13.1. The Bertz CT molecular complexity index is 927. The number of nitrogens with zero attached hydrogens (tertiary/aromatic N) is 5. The topological polar surface area (TPSA) is 55.5 Å². The lowest BCUT2D eigenvalue weighted by atomic mass is 9.99. The molecule has 1 atom stereocenters. The van der Waals surface area contributed by atoms with Crippen LogP contribution in [0.5, 0.6) is 5.88 Å². The molecule has 0 amide bonds. The molecule has 0 aliphatic carbocycles. The monoisotopic (exact) mass is 377 g/mol. The number of halogens is 3. The predicted octanol–water partition coefficient (Wildman–Crippen LogP) is 3.44. The Morgan fingerprint density at radius 1 is 1.15 bits per heavy atom. The molecule has 3 aromatic heterocycles. The molecule has 0 N–H and O–H groups in total. The molecule has 1 saturated heterocycles. The highest BCUT2D eigenvalue weighted by atomic mass is 19.4. The van der Waals surface area contributed by atoms with Gasteiger partial charge in [0.25, 0.3) is 0 Å². The van der Waals surface area contributed by atoms with Crippen molar-refractivity contribution < 1.29 is 17.9 Å². The molecule has 0 radical (unpaired) electrons. The average Bonchev–Trinajstić information content (AvgIpc) is 3.15. The van der Waals surface area contributed by atoms with Gasteiger partial charge in [0.05, 0.1) is 12.8 Å². The highest BCUT2D eigenvalue weighted by Crippen LogP contribution is 2.35. The number of ether oxygens (including phenoxy) is 1.